The van der Waals surface area contributed by atoms with E-state index in [1.807, 2.05) is 24.3 Å². The van der Waals surface area contributed by atoms with Gasteiger partial charge in [-0.15, -0.1) is 0 Å². The first-order chi connectivity index (χ1) is 13.5. The fourth-order valence-electron chi connectivity index (χ4n) is 2.74. The number of furan rings is 2. The third-order valence-corrected chi connectivity index (χ3v) is 4.97. The molecule has 140 valence electrons. The molecule has 0 saturated carbocycles. The average molecular weight is 457 g/mol. The predicted molar refractivity (Wildman–Crippen MR) is 110 cm³/mol. The van der Waals surface area contributed by atoms with Crippen LogP contribution >= 0.6 is 28.1 Å². The van der Waals surface area contributed by atoms with Gasteiger partial charge in [0.1, 0.15) is 22.9 Å². The minimum absolute atomic E-state index is 0.0403. The van der Waals surface area contributed by atoms with E-state index in [-0.39, 0.29) is 17.2 Å². The first kappa shape index (κ1) is 18.4. The summed E-state index contributed by atoms with van der Waals surface area (Å²) in [6.45, 7) is 0.130. The molecule has 3 heterocycles. The number of halogens is 1. The number of thiocarbonyl (C=S) groups is 1. The van der Waals surface area contributed by atoms with Crippen molar-refractivity contribution in [3.05, 3.63) is 76.4 Å². The second-order valence-corrected chi connectivity index (χ2v) is 7.30. The largest absolute Gasteiger partial charge is 0.467 e. The van der Waals surface area contributed by atoms with Gasteiger partial charge in [-0.25, -0.2) is 0 Å². The van der Waals surface area contributed by atoms with E-state index in [2.05, 4.69) is 21.2 Å². The summed E-state index contributed by atoms with van der Waals surface area (Å²) >= 11 is 8.52. The Hall–Kier alpha value is -2.97. The summed E-state index contributed by atoms with van der Waals surface area (Å²) in [5.74, 6) is 0.508. The van der Waals surface area contributed by atoms with Gasteiger partial charge in [-0.3, -0.25) is 19.8 Å². The van der Waals surface area contributed by atoms with E-state index < -0.39 is 11.8 Å². The molecule has 0 radical (unpaired) electrons. The smallest absolute Gasteiger partial charge is 0.266 e. The van der Waals surface area contributed by atoms with Gasteiger partial charge in [0.15, 0.2) is 5.11 Å². The number of rotatable bonds is 4. The first-order valence-corrected chi connectivity index (χ1v) is 9.48. The van der Waals surface area contributed by atoms with E-state index in [4.69, 9.17) is 21.1 Å². The van der Waals surface area contributed by atoms with Gasteiger partial charge >= 0.3 is 0 Å². The monoisotopic (exact) mass is 456 g/mol. The molecule has 0 unspecified atom stereocenters. The molecule has 1 aliphatic rings. The first-order valence-electron chi connectivity index (χ1n) is 8.28. The van der Waals surface area contributed by atoms with Crippen LogP contribution < -0.4 is 5.32 Å². The third kappa shape index (κ3) is 3.69. The number of nitrogens with one attached hydrogen (secondary N) is 1. The summed E-state index contributed by atoms with van der Waals surface area (Å²) in [5.41, 5.74) is 0.824. The molecular formula is C20H13BrN2O4S. The highest BCUT2D eigenvalue weighted by Gasteiger charge is 2.34. The lowest BCUT2D eigenvalue weighted by atomic mass is 10.1. The zero-order valence-electron chi connectivity index (χ0n) is 14.3. The molecule has 1 saturated heterocycles. The van der Waals surface area contributed by atoms with Crippen LogP contribution in [0.1, 0.15) is 11.5 Å². The Balaban J connectivity index is 1.61. The second-order valence-electron chi connectivity index (χ2n) is 6.00. The van der Waals surface area contributed by atoms with E-state index in [0.717, 1.165) is 10.0 Å². The highest BCUT2D eigenvalue weighted by atomic mass is 79.9. The Kier molecular flexibility index (Phi) is 4.97. The molecule has 0 bridgehead atoms. The summed E-state index contributed by atoms with van der Waals surface area (Å²) in [5, 5.41) is 2.57. The van der Waals surface area contributed by atoms with Crippen molar-refractivity contribution in [3.63, 3.8) is 0 Å². The molecule has 1 fully saturated rings. The second kappa shape index (κ2) is 7.57. The summed E-state index contributed by atoms with van der Waals surface area (Å²) in [4.78, 5) is 26.4. The Morgan fingerprint density at radius 3 is 2.61 bits per heavy atom. The summed E-state index contributed by atoms with van der Waals surface area (Å²) < 4.78 is 12.0. The predicted octanol–water partition coefficient (Wildman–Crippen LogP) is 4.13. The fourth-order valence-corrected chi connectivity index (χ4v) is 3.24. The van der Waals surface area contributed by atoms with Crippen LogP contribution in [0.3, 0.4) is 0 Å². The number of benzene rings is 1. The minimum atomic E-state index is -0.563. The molecule has 28 heavy (non-hydrogen) atoms. The molecular weight excluding hydrogens is 444 g/mol. The average Bonchev–Trinajstić information content (AvgIpc) is 3.35. The lowest BCUT2D eigenvalue weighted by Crippen LogP contribution is -2.53. The lowest BCUT2D eigenvalue weighted by Gasteiger charge is -2.27. The zero-order valence-corrected chi connectivity index (χ0v) is 16.7. The van der Waals surface area contributed by atoms with Crippen molar-refractivity contribution in [2.45, 2.75) is 6.54 Å². The van der Waals surface area contributed by atoms with Gasteiger partial charge in [0.25, 0.3) is 11.8 Å². The van der Waals surface area contributed by atoms with Gasteiger partial charge in [-0.2, -0.15) is 0 Å². The number of hydrogen-bond acceptors (Lipinski definition) is 5. The number of carbonyl (C=O) groups is 2. The maximum absolute atomic E-state index is 12.8. The maximum atomic E-state index is 12.8. The van der Waals surface area contributed by atoms with Gasteiger partial charge in [0, 0.05) is 10.0 Å². The standard InChI is InChI=1S/C20H13BrN2O4S/c21-13-5-3-12(4-6-13)17-8-7-14(27-17)10-16-18(24)22-20(28)23(19(16)25)11-15-2-1-9-26-15/h1-10H,11H2,(H,22,24,28)/b16-10-. The van der Waals surface area contributed by atoms with Crippen LogP contribution in [-0.2, 0) is 16.1 Å². The number of hydrogen-bond donors (Lipinski definition) is 1. The molecule has 8 heteroatoms. The molecule has 4 rings (SSSR count). The summed E-state index contributed by atoms with van der Waals surface area (Å²) in [6, 6.07) is 14.6. The molecule has 1 aliphatic heterocycles. The molecule has 0 spiro atoms. The van der Waals surface area contributed by atoms with Crippen molar-refractivity contribution in [2.75, 3.05) is 0 Å². The normalized spacial score (nSPS) is 16.0. The summed E-state index contributed by atoms with van der Waals surface area (Å²) in [7, 11) is 0. The number of carbonyl (C=O) groups excluding carboxylic acids is 2. The van der Waals surface area contributed by atoms with Crippen LogP contribution in [0, 0.1) is 0 Å². The highest BCUT2D eigenvalue weighted by Crippen LogP contribution is 2.26. The number of amides is 2. The Morgan fingerprint density at radius 2 is 1.89 bits per heavy atom. The highest BCUT2D eigenvalue weighted by molar-refractivity contribution is 9.10. The van der Waals surface area contributed by atoms with Gasteiger partial charge in [0.05, 0.1) is 12.8 Å². The van der Waals surface area contributed by atoms with Crippen LogP contribution in [0.4, 0.5) is 0 Å². The quantitative estimate of drug-likeness (QED) is 0.362. The van der Waals surface area contributed by atoms with E-state index >= 15 is 0 Å². The van der Waals surface area contributed by atoms with Crippen molar-refractivity contribution < 1.29 is 18.4 Å². The third-order valence-electron chi connectivity index (χ3n) is 4.12. The lowest BCUT2D eigenvalue weighted by molar-refractivity contribution is -0.129. The van der Waals surface area contributed by atoms with Crippen LogP contribution in [0.5, 0.6) is 0 Å². The van der Waals surface area contributed by atoms with E-state index in [1.54, 1.807) is 24.3 Å². The van der Waals surface area contributed by atoms with Crippen LogP contribution in [0.25, 0.3) is 17.4 Å². The van der Waals surface area contributed by atoms with Crippen molar-refractivity contribution in [1.29, 1.82) is 0 Å². The van der Waals surface area contributed by atoms with Crippen LogP contribution in [0.15, 0.2) is 73.7 Å². The van der Waals surface area contributed by atoms with Crippen LogP contribution in [-0.4, -0.2) is 21.8 Å². The molecule has 6 nitrogen and oxygen atoms in total. The van der Waals surface area contributed by atoms with Crippen molar-refractivity contribution in [2.24, 2.45) is 0 Å². The Labute approximate surface area is 173 Å². The molecule has 2 aromatic heterocycles. The molecule has 1 aromatic carbocycles. The van der Waals surface area contributed by atoms with Gasteiger partial charge in [-0.1, -0.05) is 28.1 Å². The molecule has 2 amide bonds. The van der Waals surface area contributed by atoms with E-state index in [0.29, 0.717) is 17.3 Å². The molecule has 0 aliphatic carbocycles. The fraction of sp³-hybridized carbons (Fsp3) is 0.0500. The minimum Gasteiger partial charge on any atom is -0.467 e. The van der Waals surface area contributed by atoms with Gasteiger partial charge in [0.2, 0.25) is 0 Å². The molecule has 3 aromatic rings. The zero-order chi connectivity index (χ0) is 19.7. The van der Waals surface area contributed by atoms with E-state index in [9.17, 15) is 9.59 Å². The van der Waals surface area contributed by atoms with Crippen LogP contribution in [0.2, 0.25) is 0 Å². The maximum Gasteiger partial charge on any atom is 0.266 e. The molecule has 0 atom stereocenters. The summed E-state index contributed by atoms with van der Waals surface area (Å²) in [6.07, 6.45) is 2.92. The number of nitrogens with zero attached hydrogens (tertiary/aromatic N) is 1. The van der Waals surface area contributed by atoms with Gasteiger partial charge in [-0.05, 0) is 54.7 Å². The topological polar surface area (TPSA) is 75.7 Å². The van der Waals surface area contributed by atoms with Gasteiger partial charge < -0.3 is 8.83 Å². The Morgan fingerprint density at radius 1 is 1.11 bits per heavy atom. The Bertz CT molecular complexity index is 1080. The van der Waals surface area contributed by atoms with Crippen molar-refractivity contribution in [1.82, 2.24) is 10.2 Å². The van der Waals surface area contributed by atoms with Crippen molar-refractivity contribution in [3.8, 4) is 11.3 Å². The van der Waals surface area contributed by atoms with Crippen molar-refractivity contribution >= 4 is 51.2 Å². The SMILES string of the molecule is O=C1NC(=S)N(Cc2ccco2)C(=O)/C1=C\c1ccc(-c2ccc(Br)cc2)o1. The molecule has 1 N–H and O–H groups in total. The van der Waals surface area contributed by atoms with E-state index in [1.165, 1.54) is 17.2 Å².